The largest absolute Gasteiger partial charge is 0.372 e. The van der Waals surface area contributed by atoms with Gasteiger partial charge in [0.25, 0.3) is 0 Å². The lowest BCUT2D eigenvalue weighted by Crippen LogP contribution is -2.13. The smallest absolute Gasteiger partial charge is 0.143 e. The predicted molar refractivity (Wildman–Crippen MR) is 136 cm³/mol. The number of carbonyl (C=O) groups excluding carboxylic acids is 1. The Balaban J connectivity index is 1.46. The molecule has 0 aliphatic rings. The number of fused-ring (bicyclic) bond motifs is 1. The molecule has 3 heterocycles. The maximum atomic E-state index is 13.6. The van der Waals surface area contributed by atoms with Crippen LogP contribution < -0.4 is 0 Å². The summed E-state index contributed by atoms with van der Waals surface area (Å²) in [5.41, 5.74) is 4.36. The Morgan fingerprint density at radius 3 is 2.58 bits per heavy atom. The van der Waals surface area contributed by atoms with E-state index in [2.05, 4.69) is 20.2 Å². The molecule has 36 heavy (non-hydrogen) atoms. The third-order valence-electron chi connectivity index (χ3n) is 5.76. The van der Waals surface area contributed by atoms with Crippen LogP contribution in [0.3, 0.4) is 0 Å². The number of hydrogen-bond donors (Lipinski definition) is 0. The summed E-state index contributed by atoms with van der Waals surface area (Å²) in [4.78, 5) is 24.6. The lowest BCUT2D eigenvalue weighted by Gasteiger charge is -2.20. The highest BCUT2D eigenvalue weighted by Gasteiger charge is 2.24. The average Bonchev–Trinajstić information content (AvgIpc) is 3.51. The van der Waals surface area contributed by atoms with E-state index in [0.717, 1.165) is 32.1 Å². The average molecular weight is 522 g/mol. The Labute approximate surface area is 215 Å². The molecule has 0 saturated carbocycles. The highest BCUT2D eigenvalue weighted by Crippen LogP contribution is 2.35. The molecule has 0 amide bonds. The number of carbonyl (C=O) groups is 1. The fourth-order valence-electron chi connectivity index (χ4n) is 4.19. The van der Waals surface area contributed by atoms with E-state index in [0.29, 0.717) is 16.2 Å². The minimum Gasteiger partial charge on any atom is -0.372 e. The van der Waals surface area contributed by atoms with Gasteiger partial charge in [-0.15, -0.1) is 0 Å². The van der Waals surface area contributed by atoms with Crippen LogP contribution in [-0.2, 0) is 22.4 Å². The standard InChI is InChI=1S/C26H21ClFN5O2S/c1-15-32-24-23(25(35-2)17-4-6-19(28)7-5-17)18(14-29-26(24)36-15)13-20(34)11-16-3-8-22(21(27)12-16)33-30-9-10-31-33/h3-10,12,14,25H,11,13H2,1-2H3. The minimum absolute atomic E-state index is 0.0145. The summed E-state index contributed by atoms with van der Waals surface area (Å²) >= 11 is 7.90. The van der Waals surface area contributed by atoms with Crippen LogP contribution >= 0.6 is 22.9 Å². The van der Waals surface area contributed by atoms with Crippen LogP contribution in [-0.4, -0.2) is 37.9 Å². The zero-order valence-corrected chi connectivity index (χ0v) is 21.1. The summed E-state index contributed by atoms with van der Waals surface area (Å²) in [6.07, 6.45) is 4.64. The van der Waals surface area contributed by atoms with Gasteiger partial charge in [-0.1, -0.05) is 41.1 Å². The van der Waals surface area contributed by atoms with Gasteiger partial charge in [-0.3, -0.25) is 4.79 Å². The van der Waals surface area contributed by atoms with E-state index in [-0.39, 0.29) is 24.4 Å². The first-order valence-electron chi connectivity index (χ1n) is 11.1. The number of rotatable bonds is 8. The molecule has 0 saturated heterocycles. The third kappa shape index (κ3) is 4.90. The van der Waals surface area contributed by atoms with Gasteiger partial charge >= 0.3 is 0 Å². The molecule has 3 aromatic heterocycles. The van der Waals surface area contributed by atoms with Gasteiger partial charge in [0.05, 0.1) is 22.4 Å². The SMILES string of the molecule is COC(c1ccc(F)cc1)c1c(CC(=O)Cc2ccc(-n3nccn3)c(Cl)c2)cnc2sc(C)nc12. The number of hydrogen-bond acceptors (Lipinski definition) is 7. The zero-order valence-electron chi connectivity index (χ0n) is 19.5. The summed E-state index contributed by atoms with van der Waals surface area (Å²) in [6.45, 7) is 1.91. The maximum Gasteiger partial charge on any atom is 0.143 e. The predicted octanol–water partition coefficient (Wildman–Crippen LogP) is 5.46. The Bertz CT molecular complexity index is 1540. The molecule has 10 heteroatoms. The number of nitrogens with zero attached hydrogens (tertiary/aromatic N) is 5. The third-order valence-corrected chi connectivity index (χ3v) is 6.94. The van der Waals surface area contributed by atoms with Crippen LogP contribution in [0.25, 0.3) is 16.0 Å². The molecule has 0 bridgehead atoms. The molecular formula is C26H21ClFN5O2S. The number of Topliss-reactive ketones (excluding diaryl/α,β-unsaturated/α-hetero) is 1. The molecule has 0 spiro atoms. The second-order valence-corrected chi connectivity index (χ2v) is 9.84. The van der Waals surface area contributed by atoms with E-state index in [4.69, 9.17) is 16.3 Å². The summed E-state index contributed by atoms with van der Waals surface area (Å²) in [5.74, 6) is -0.347. The Kier molecular flexibility index (Phi) is 6.86. The Morgan fingerprint density at radius 2 is 1.89 bits per heavy atom. The molecule has 1 atom stereocenters. The number of ether oxygens (including phenoxy) is 1. The molecule has 7 nitrogen and oxygen atoms in total. The summed E-state index contributed by atoms with van der Waals surface area (Å²) in [6, 6.07) is 11.5. The quantitative estimate of drug-likeness (QED) is 0.269. The van der Waals surface area contributed by atoms with Crippen LogP contribution in [0.15, 0.2) is 61.1 Å². The van der Waals surface area contributed by atoms with Gasteiger partial charge in [0.1, 0.15) is 33.7 Å². The topological polar surface area (TPSA) is 82.8 Å². The van der Waals surface area contributed by atoms with Crippen molar-refractivity contribution < 1.29 is 13.9 Å². The number of pyridine rings is 1. The monoisotopic (exact) mass is 521 g/mol. The van der Waals surface area contributed by atoms with E-state index in [1.165, 1.54) is 28.3 Å². The second-order valence-electron chi connectivity index (χ2n) is 8.25. The van der Waals surface area contributed by atoms with Gasteiger partial charge in [-0.05, 0) is 47.9 Å². The first kappa shape index (κ1) is 24.2. The van der Waals surface area contributed by atoms with Crippen LogP contribution in [0.2, 0.25) is 5.02 Å². The van der Waals surface area contributed by atoms with Crippen LogP contribution in [0.1, 0.15) is 33.4 Å². The van der Waals surface area contributed by atoms with Crippen molar-refractivity contribution in [2.45, 2.75) is 25.9 Å². The van der Waals surface area contributed by atoms with E-state index >= 15 is 0 Å². The molecule has 5 aromatic rings. The molecule has 2 aromatic carbocycles. The molecular weight excluding hydrogens is 501 g/mol. The number of thiazole rings is 1. The van der Waals surface area contributed by atoms with Crippen molar-refractivity contribution in [3.63, 3.8) is 0 Å². The number of ketones is 1. The van der Waals surface area contributed by atoms with Crippen molar-refractivity contribution in [2.75, 3.05) is 7.11 Å². The molecule has 0 aliphatic heterocycles. The van der Waals surface area contributed by atoms with Crippen LogP contribution in [0.4, 0.5) is 4.39 Å². The maximum absolute atomic E-state index is 13.6. The highest BCUT2D eigenvalue weighted by molar-refractivity contribution is 7.18. The van der Waals surface area contributed by atoms with Gasteiger partial charge in [0, 0.05) is 31.7 Å². The Morgan fingerprint density at radius 1 is 1.14 bits per heavy atom. The van der Waals surface area contributed by atoms with Gasteiger partial charge in [0.15, 0.2) is 0 Å². The number of aryl methyl sites for hydroxylation is 1. The van der Waals surface area contributed by atoms with Crippen molar-refractivity contribution in [1.29, 1.82) is 0 Å². The highest BCUT2D eigenvalue weighted by atomic mass is 35.5. The fourth-order valence-corrected chi connectivity index (χ4v) is 5.25. The molecule has 0 aliphatic carbocycles. The van der Waals surface area contributed by atoms with Crippen molar-refractivity contribution in [2.24, 2.45) is 0 Å². The molecule has 1 unspecified atom stereocenters. The molecule has 182 valence electrons. The van der Waals surface area contributed by atoms with Gasteiger partial charge in [-0.2, -0.15) is 15.0 Å². The fraction of sp³-hybridized carbons (Fsp3) is 0.192. The minimum atomic E-state index is -0.532. The second kappa shape index (κ2) is 10.2. The normalized spacial score (nSPS) is 12.2. The molecule has 0 fully saturated rings. The first-order valence-corrected chi connectivity index (χ1v) is 12.3. The number of benzene rings is 2. The summed E-state index contributed by atoms with van der Waals surface area (Å²) in [5, 5.41) is 9.50. The molecule has 0 radical (unpaired) electrons. The number of methoxy groups -OCH3 is 1. The summed E-state index contributed by atoms with van der Waals surface area (Å²) in [7, 11) is 1.59. The van der Waals surface area contributed by atoms with Gasteiger partial charge in [-0.25, -0.2) is 14.4 Å². The van der Waals surface area contributed by atoms with Gasteiger partial charge < -0.3 is 4.74 Å². The van der Waals surface area contributed by atoms with E-state index in [1.807, 2.05) is 13.0 Å². The zero-order chi connectivity index (χ0) is 25.2. The van der Waals surface area contributed by atoms with E-state index in [1.54, 1.807) is 50.0 Å². The number of halogens is 2. The van der Waals surface area contributed by atoms with Crippen LogP contribution in [0.5, 0.6) is 0 Å². The van der Waals surface area contributed by atoms with Crippen LogP contribution in [0, 0.1) is 12.7 Å². The van der Waals surface area contributed by atoms with Crippen molar-refractivity contribution in [1.82, 2.24) is 25.0 Å². The van der Waals surface area contributed by atoms with Crippen molar-refractivity contribution >= 4 is 39.1 Å². The molecule has 0 N–H and O–H groups in total. The molecule has 5 rings (SSSR count). The summed E-state index contributed by atoms with van der Waals surface area (Å²) < 4.78 is 19.4. The number of aromatic nitrogens is 5. The lowest BCUT2D eigenvalue weighted by molar-refractivity contribution is -0.117. The van der Waals surface area contributed by atoms with Gasteiger partial charge in [0.2, 0.25) is 0 Å². The van der Waals surface area contributed by atoms with E-state index < -0.39 is 6.10 Å². The first-order chi connectivity index (χ1) is 17.4. The van der Waals surface area contributed by atoms with E-state index in [9.17, 15) is 9.18 Å². The van der Waals surface area contributed by atoms with Crippen molar-refractivity contribution in [3.8, 4) is 5.69 Å². The Hall–Kier alpha value is -3.53. The van der Waals surface area contributed by atoms with Crippen molar-refractivity contribution in [3.05, 3.63) is 99.2 Å². The lowest BCUT2D eigenvalue weighted by atomic mass is 9.93.